The number of nitrogens with one attached hydrogen (secondary N) is 2. The van der Waals surface area contributed by atoms with E-state index in [1.54, 1.807) is 24.3 Å². The van der Waals surface area contributed by atoms with Crippen LogP contribution < -0.4 is 10.6 Å². The predicted octanol–water partition coefficient (Wildman–Crippen LogP) is 6.21. The molecule has 4 aromatic rings. The third kappa shape index (κ3) is 4.59. The molecule has 2 amide bonds. The maximum absolute atomic E-state index is 14.4. The summed E-state index contributed by atoms with van der Waals surface area (Å²) in [4.78, 5) is 12.2. The number of carbonyl (C=O) groups is 1. The molecule has 32 heavy (non-hydrogen) atoms. The van der Waals surface area contributed by atoms with Gasteiger partial charge in [-0.2, -0.15) is 13.2 Å². The lowest BCUT2D eigenvalue weighted by atomic mass is 10.1. The van der Waals surface area contributed by atoms with Crippen LogP contribution in [0.4, 0.5) is 33.7 Å². The van der Waals surface area contributed by atoms with Crippen LogP contribution in [0.2, 0.25) is 0 Å². The molecule has 0 saturated carbocycles. The number of para-hydroxylation sites is 1. The Morgan fingerprint density at radius 3 is 2.28 bits per heavy atom. The summed E-state index contributed by atoms with van der Waals surface area (Å²) in [6.45, 7) is 0. The lowest BCUT2D eigenvalue weighted by molar-refractivity contribution is -0.136. The largest absolute Gasteiger partial charge is 0.418 e. The van der Waals surface area contributed by atoms with Crippen LogP contribution in [0.25, 0.3) is 22.9 Å². The second kappa shape index (κ2) is 8.50. The number of carbonyl (C=O) groups excluding carboxylic acids is 1. The highest BCUT2D eigenvalue weighted by molar-refractivity contribution is 6.00. The SMILES string of the molecule is O=C(Nc1ccc(F)c(-c2nnc(-c3ccccc3)o2)c1)Nc1ccccc1C(F)(F)F. The van der Waals surface area contributed by atoms with Gasteiger partial charge in [-0.1, -0.05) is 30.3 Å². The van der Waals surface area contributed by atoms with Gasteiger partial charge in [-0.3, -0.25) is 0 Å². The zero-order valence-corrected chi connectivity index (χ0v) is 16.2. The highest BCUT2D eigenvalue weighted by atomic mass is 19.4. The number of anilines is 2. The van der Waals surface area contributed by atoms with Crippen molar-refractivity contribution in [2.75, 3.05) is 10.6 Å². The Balaban J connectivity index is 1.54. The molecule has 10 heteroatoms. The van der Waals surface area contributed by atoms with Gasteiger partial charge < -0.3 is 15.1 Å². The van der Waals surface area contributed by atoms with E-state index in [9.17, 15) is 22.4 Å². The highest BCUT2D eigenvalue weighted by Gasteiger charge is 2.33. The summed E-state index contributed by atoms with van der Waals surface area (Å²) < 4.78 is 59.2. The Hall–Kier alpha value is -4.21. The van der Waals surface area contributed by atoms with Crippen molar-refractivity contribution in [3.63, 3.8) is 0 Å². The number of hydrogen-bond acceptors (Lipinski definition) is 4. The van der Waals surface area contributed by atoms with Gasteiger partial charge in [0.05, 0.1) is 16.8 Å². The molecule has 1 heterocycles. The first-order chi connectivity index (χ1) is 15.3. The topological polar surface area (TPSA) is 80.1 Å². The molecule has 1 aromatic heterocycles. The van der Waals surface area contributed by atoms with Gasteiger partial charge in [0.25, 0.3) is 5.89 Å². The first-order valence-electron chi connectivity index (χ1n) is 9.24. The molecule has 0 spiro atoms. The zero-order valence-electron chi connectivity index (χ0n) is 16.2. The molecule has 0 fully saturated rings. The molecule has 0 radical (unpaired) electrons. The van der Waals surface area contributed by atoms with Crippen molar-refractivity contribution in [3.05, 3.63) is 84.2 Å². The molecular formula is C22H14F4N4O2. The number of amides is 2. The molecule has 3 aromatic carbocycles. The van der Waals surface area contributed by atoms with Crippen LogP contribution in [0.1, 0.15) is 5.56 Å². The Morgan fingerprint density at radius 2 is 1.53 bits per heavy atom. The molecule has 4 rings (SSSR count). The standard InChI is InChI=1S/C22H14F4N4O2/c23-17-11-10-14(27-21(31)28-18-9-5-4-8-16(18)22(24,25)26)12-15(17)20-30-29-19(32-20)13-6-2-1-3-7-13/h1-12H,(H2,27,28,31). The van der Waals surface area contributed by atoms with Crippen LogP contribution in [0.3, 0.4) is 0 Å². The van der Waals surface area contributed by atoms with Crippen molar-refractivity contribution in [3.8, 4) is 22.9 Å². The number of benzene rings is 3. The summed E-state index contributed by atoms with van der Waals surface area (Å²) in [5.41, 5.74) is -0.724. The van der Waals surface area contributed by atoms with E-state index >= 15 is 0 Å². The van der Waals surface area contributed by atoms with Crippen molar-refractivity contribution in [1.29, 1.82) is 0 Å². The molecule has 0 aliphatic heterocycles. The normalized spacial score (nSPS) is 11.2. The van der Waals surface area contributed by atoms with Gasteiger partial charge >= 0.3 is 12.2 Å². The number of nitrogens with zero attached hydrogens (tertiary/aromatic N) is 2. The molecule has 6 nitrogen and oxygen atoms in total. The van der Waals surface area contributed by atoms with Gasteiger partial charge in [-0.15, -0.1) is 10.2 Å². The van der Waals surface area contributed by atoms with Crippen molar-refractivity contribution < 1.29 is 26.8 Å². The fourth-order valence-electron chi connectivity index (χ4n) is 2.92. The molecular weight excluding hydrogens is 428 g/mol. The minimum atomic E-state index is -4.64. The summed E-state index contributed by atoms with van der Waals surface area (Å²) in [5.74, 6) is -0.616. The molecule has 0 bridgehead atoms. The number of rotatable bonds is 4. The minimum absolute atomic E-state index is 0.0758. The van der Waals surface area contributed by atoms with Crippen LogP contribution in [0.15, 0.2) is 77.2 Å². The zero-order chi connectivity index (χ0) is 22.7. The summed E-state index contributed by atoms with van der Waals surface area (Å²) in [6.07, 6.45) is -4.64. The number of alkyl halides is 3. The van der Waals surface area contributed by atoms with Crippen LogP contribution in [0, 0.1) is 5.82 Å². The molecule has 0 unspecified atom stereocenters. The second-order valence-corrected chi connectivity index (χ2v) is 6.60. The second-order valence-electron chi connectivity index (χ2n) is 6.60. The van der Waals surface area contributed by atoms with E-state index in [1.165, 1.54) is 24.3 Å². The Kier molecular flexibility index (Phi) is 5.59. The number of urea groups is 1. The average Bonchev–Trinajstić information content (AvgIpc) is 3.25. The molecule has 0 saturated heterocycles. The molecule has 0 aliphatic carbocycles. The fraction of sp³-hybridized carbons (Fsp3) is 0.0455. The fourth-order valence-corrected chi connectivity index (χ4v) is 2.92. The highest BCUT2D eigenvalue weighted by Crippen LogP contribution is 2.34. The maximum Gasteiger partial charge on any atom is 0.418 e. The Bertz CT molecular complexity index is 1260. The van der Waals surface area contributed by atoms with Crippen molar-refractivity contribution in [2.24, 2.45) is 0 Å². The van der Waals surface area contributed by atoms with Gasteiger partial charge in [-0.05, 0) is 42.5 Å². The smallest absolute Gasteiger partial charge is 0.416 e. The third-order valence-corrected chi connectivity index (χ3v) is 4.38. The van der Waals surface area contributed by atoms with Gasteiger partial charge in [0.2, 0.25) is 5.89 Å². The van der Waals surface area contributed by atoms with Crippen LogP contribution >= 0.6 is 0 Å². The van der Waals surface area contributed by atoms with Crippen LogP contribution in [-0.2, 0) is 6.18 Å². The van der Waals surface area contributed by atoms with E-state index in [1.807, 2.05) is 6.07 Å². The predicted molar refractivity (Wildman–Crippen MR) is 109 cm³/mol. The Morgan fingerprint density at radius 1 is 0.844 bits per heavy atom. The molecule has 162 valence electrons. The molecule has 2 N–H and O–H groups in total. The number of hydrogen-bond donors (Lipinski definition) is 2. The van der Waals surface area contributed by atoms with Crippen molar-refractivity contribution in [2.45, 2.75) is 6.18 Å². The summed E-state index contributed by atoms with van der Waals surface area (Å²) in [6, 6.07) is 16.0. The van der Waals surface area contributed by atoms with Gasteiger partial charge in [0.1, 0.15) is 5.82 Å². The van der Waals surface area contributed by atoms with E-state index in [2.05, 4.69) is 20.8 Å². The van der Waals surface area contributed by atoms with Crippen molar-refractivity contribution >= 4 is 17.4 Å². The quantitative estimate of drug-likeness (QED) is 0.369. The first kappa shape index (κ1) is 21.0. The first-order valence-corrected chi connectivity index (χ1v) is 9.24. The monoisotopic (exact) mass is 442 g/mol. The van der Waals surface area contributed by atoms with Crippen molar-refractivity contribution in [1.82, 2.24) is 10.2 Å². The third-order valence-electron chi connectivity index (χ3n) is 4.38. The summed E-state index contributed by atoms with van der Waals surface area (Å²) in [5, 5.41) is 12.3. The van der Waals surface area contributed by atoms with E-state index in [4.69, 9.17) is 4.42 Å². The van der Waals surface area contributed by atoms with E-state index in [-0.39, 0.29) is 23.0 Å². The molecule has 0 atom stereocenters. The van der Waals surface area contributed by atoms with Crippen LogP contribution in [0.5, 0.6) is 0 Å². The lowest BCUT2D eigenvalue weighted by Crippen LogP contribution is -2.21. The number of aromatic nitrogens is 2. The van der Waals surface area contributed by atoms with Gasteiger partial charge in [0.15, 0.2) is 0 Å². The van der Waals surface area contributed by atoms with Crippen LogP contribution in [-0.4, -0.2) is 16.2 Å². The molecule has 0 aliphatic rings. The van der Waals surface area contributed by atoms with E-state index in [0.717, 1.165) is 18.2 Å². The minimum Gasteiger partial charge on any atom is -0.416 e. The number of halogens is 4. The average molecular weight is 442 g/mol. The maximum atomic E-state index is 14.4. The lowest BCUT2D eigenvalue weighted by Gasteiger charge is -2.14. The summed E-state index contributed by atoms with van der Waals surface area (Å²) in [7, 11) is 0. The van der Waals surface area contributed by atoms with E-state index in [0.29, 0.717) is 5.56 Å². The Labute approximate surface area is 178 Å². The van der Waals surface area contributed by atoms with Gasteiger partial charge in [0, 0.05) is 11.3 Å². The van der Waals surface area contributed by atoms with Gasteiger partial charge in [-0.25, -0.2) is 9.18 Å². The summed E-state index contributed by atoms with van der Waals surface area (Å²) >= 11 is 0. The van der Waals surface area contributed by atoms with E-state index < -0.39 is 29.3 Å².